The third kappa shape index (κ3) is 1.70. The molecule has 1 aromatic rings. The van der Waals surface area contributed by atoms with Crippen LogP contribution >= 0.6 is 27.3 Å². The number of hydrogen-bond acceptors (Lipinski definition) is 2. The molecule has 0 bridgehead atoms. The molecule has 12 heavy (non-hydrogen) atoms. The third-order valence-corrected chi connectivity index (χ3v) is 3.83. The summed E-state index contributed by atoms with van der Waals surface area (Å²) >= 11 is 5.13. The van der Waals surface area contributed by atoms with Crippen molar-refractivity contribution in [3.05, 3.63) is 20.8 Å². The molecule has 1 aliphatic rings. The summed E-state index contributed by atoms with van der Waals surface area (Å²) in [6.07, 6.45) is -0.595. The third-order valence-electron chi connectivity index (χ3n) is 2.00. The second-order valence-electron chi connectivity index (χ2n) is 3.04. The molecule has 1 fully saturated rings. The van der Waals surface area contributed by atoms with E-state index in [-0.39, 0.29) is 0 Å². The Labute approximate surface area is 83.3 Å². The Hall–Kier alpha value is 0.0700. The SMILES string of the molecule is FC1CN(Cc2cscc2Br)C1. The molecule has 0 unspecified atom stereocenters. The Balaban J connectivity index is 1.92. The lowest BCUT2D eigenvalue weighted by molar-refractivity contribution is 0.0590. The van der Waals surface area contributed by atoms with Crippen molar-refractivity contribution in [2.24, 2.45) is 0 Å². The Morgan fingerprint density at radius 2 is 2.33 bits per heavy atom. The zero-order chi connectivity index (χ0) is 8.55. The summed E-state index contributed by atoms with van der Waals surface area (Å²) in [5, 5.41) is 4.16. The van der Waals surface area contributed by atoms with Crippen molar-refractivity contribution in [2.45, 2.75) is 12.7 Å². The van der Waals surface area contributed by atoms with E-state index in [1.807, 2.05) is 0 Å². The molecular weight excluding hydrogens is 241 g/mol. The average molecular weight is 250 g/mol. The predicted molar refractivity (Wildman–Crippen MR) is 52.2 cm³/mol. The van der Waals surface area contributed by atoms with Crippen LogP contribution in [-0.2, 0) is 6.54 Å². The van der Waals surface area contributed by atoms with Crippen molar-refractivity contribution >= 4 is 27.3 Å². The number of alkyl halides is 1. The highest BCUT2D eigenvalue weighted by Crippen LogP contribution is 2.24. The quantitative estimate of drug-likeness (QED) is 0.780. The Kier molecular flexibility index (Phi) is 2.48. The first kappa shape index (κ1) is 8.66. The molecule has 0 radical (unpaired) electrons. The number of hydrogen-bond donors (Lipinski definition) is 0. The first-order chi connectivity index (χ1) is 5.75. The van der Waals surface area contributed by atoms with Gasteiger partial charge in [0, 0.05) is 29.5 Å². The van der Waals surface area contributed by atoms with E-state index in [1.165, 1.54) is 5.56 Å². The molecule has 1 aliphatic heterocycles. The zero-order valence-corrected chi connectivity index (χ0v) is 8.87. The molecule has 0 aliphatic carbocycles. The van der Waals surface area contributed by atoms with Gasteiger partial charge in [-0.3, -0.25) is 4.90 Å². The van der Waals surface area contributed by atoms with E-state index in [0.29, 0.717) is 13.1 Å². The van der Waals surface area contributed by atoms with Crippen LogP contribution in [0, 0.1) is 0 Å². The van der Waals surface area contributed by atoms with Gasteiger partial charge in [-0.25, -0.2) is 4.39 Å². The van der Waals surface area contributed by atoms with Gasteiger partial charge in [0.2, 0.25) is 0 Å². The molecule has 1 saturated heterocycles. The zero-order valence-electron chi connectivity index (χ0n) is 6.46. The number of thiophene rings is 1. The largest absolute Gasteiger partial charge is 0.293 e. The van der Waals surface area contributed by atoms with Crippen molar-refractivity contribution < 1.29 is 4.39 Å². The minimum absolute atomic E-state index is 0.595. The van der Waals surface area contributed by atoms with Gasteiger partial charge in [-0.1, -0.05) is 0 Å². The van der Waals surface area contributed by atoms with Crippen LogP contribution in [0.3, 0.4) is 0 Å². The Morgan fingerprint density at radius 3 is 2.83 bits per heavy atom. The minimum atomic E-state index is -0.595. The predicted octanol–water partition coefficient (Wildman–Crippen LogP) is 2.66. The second kappa shape index (κ2) is 3.44. The van der Waals surface area contributed by atoms with Crippen LogP contribution in [0.25, 0.3) is 0 Å². The molecule has 0 saturated carbocycles. The van der Waals surface area contributed by atoms with Gasteiger partial charge < -0.3 is 0 Å². The van der Waals surface area contributed by atoms with Gasteiger partial charge in [0.25, 0.3) is 0 Å². The summed E-state index contributed by atoms with van der Waals surface area (Å²) in [6.45, 7) is 2.08. The van der Waals surface area contributed by atoms with E-state index in [2.05, 4.69) is 31.6 Å². The summed E-state index contributed by atoms with van der Waals surface area (Å²) in [5.41, 5.74) is 1.27. The molecule has 1 aromatic heterocycles. The van der Waals surface area contributed by atoms with Crippen molar-refractivity contribution in [1.29, 1.82) is 0 Å². The van der Waals surface area contributed by atoms with E-state index in [9.17, 15) is 4.39 Å². The fourth-order valence-corrected chi connectivity index (χ4v) is 2.72. The fourth-order valence-electron chi connectivity index (χ4n) is 1.30. The standard InChI is InChI=1S/C8H9BrFNS/c9-8-5-12-4-6(8)1-11-2-7(10)3-11/h4-5,7H,1-3H2. The molecule has 2 rings (SSSR count). The van der Waals surface area contributed by atoms with Gasteiger partial charge in [-0.15, -0.1) is 0 Å². The number of likely N-dealkylation sites (tertiary alicyclic amines) is 1. The maximum Gasteiger partial charge on any atom is 0.125 e. The molecular formula is C8H9BrFNS. The maximum absolute atomic E-state index is 12.4. The fraction of sp³-hybridized carbons (Fsp3) is 0.500. The van der Waals surface area contributed by atoms with Gasteiger partial charge in [0.1, 0.15) is 6.17 Å². The van der Waals surface area contributed by atoms with Crippen LogP contribution in [0.4, 0.5) is 4.39 Å². The van der Waals surface area contributed by atoms with Crippen LogP contribution in [-0.4, -0.2) is 24.2 Å². The second-order valence-corrected chi connectivity index (χ2v) is 4.63. The molecule has 0 N–H and O–H groups in total. The smallest absolute Gasteiger partial charge is 0.125 e. The van der Waals surface area contributed by atoms with E-state index in [1.54, 1.807) is 11.3 Å². The van der Waals surface area contributed by atoms with Gasteiger partial charge in [0.15, 0.2) is 0 Å². The van der Waals surface area contributed by atoms with E-state index in [4.69, 9.17) is 0 Å². The Morgan fingerprint density at radius 1 is 1.58 bits per heavy atom. The lowest BCUT2D eigenvalue weighted by Crippen LogP contribution is -2.47. The molecule has 0 atom stereocenters. The Bertz CT molecular complexity index is 270. The lowest BCUT2D eigenvalue weighted by Gasteiger charge is -2.34. The van der Waals surface area contributed by atoms with Crippen LogP contribution in [0.5, 0.6) is 0 Å². The lowest BCUT2D eigenvalue weighted by atomic mass is 10.1. The summed E-state index contributed by atoms with van der Waals surface area (Å²) < 4.78 is 13.6. The van der Waals surface area contributed by atoms with Gasteiger partial charge in [-0.2, -0.15) is 11.3 Å². The summed E-state index contributed by atoms with van der Waals surface area (Å²) in [5.74, 6) is 0. The van der Waals surface area contributed by atoms with Crippen LogP contribution in [0.15, 0.2) is 15.2 Å². The highest BCUT2D eigenvalue weighted by molar-refractivity contribution is 9.10. The normalized spacial score (nSPS) is 19.5. The van der Waals surface area contributed by atoms with Crippen LogP contribution in [0.1, 0.15) is 5.56 Å². The van der Waals surface area contributed by atoms with E-state index in [0.717, 1.165) is 11.0 Å². The first-order valence-corrected chi connectivity index (χ1v) is 5.56. The summed E-state index contributed by atoms with van der Waals surface area (Å²) in [4.78, 5) is 2.11. The topological polar surface area (TPSA) is 3.24 Å². The van der Waals surface area contributed by atoms with Gasteiger partial charge in [0.05, 0.1) is 0 Å². The van der Waals surface area contributed by atoms with Crippen molar-refractivity contribution in [1.82, 2.24) is 4.90 Å². The number of rotatable bonds is 2. The molecule has 2 heterocycles. The van der Waals surface area contributed by atoms with Crippen molar-refractivity contribution in [3.63, 3.8) is 0 Å². The van der Waals surface area contributed by atoms with Crippen molar-refractivity contribution in [3.8, 4) is 0 Å². The highest BCUT2D eigenvalue weighted by Gasteiger charge is 2.26. The van der Waals surface area contributed by atoms with Gasteiger partial charge in [-0.05, 0) is 26.9 Å². The molecule has 0 amide bonds. The minimum Gasteiger partial charge on any atom is -0.293 e. The molecule has 0 aromatic carbocycles. The number of nitrogens with zero attached hydrogens (tertiary/aromatic N) is 1. The highest BCUT2D eigenvalue weighted by atomic mass is 79.9. The molecule has 1 nitrogen and oxygen atoms in total. The van der Waals surface area contributed by atoms with Crippen molar-refractivity contribution in [2.75, 3.05) is 13.1 Å². The van der Waals surface area contributed by atoms with E-state index < -0.39 is 6.17 Å². The van der Waals surface area contributed by atoms with E-state index >= 15 is 0 Å². The van der Waals surface area contributed by atoms with Crippen LogP contribution < -0.4 is 0 Å². The molecule has 66 valence electrons. The maximum atomic E-state index is 12.4. The summed E-state index contributed by atoms with van der Waals surface area (Å²) in [7, 11) is 0. The summed E-state index contributed by atoms with van der Waals surface area (Å²) in [6, 6.07) is 0. The number of halogens is 2. The molecule has 4 heteroatoms. The van der Waals surface area contributed by atoms with Gasteiger partial charge >= 0.3 is 0 Å². The first-order valence-electron chi connectivity index (χ1n) is 3.82. The molecule has 0 spiro atoms. The van der Waals surface area contributed by atoms with Crippen LogP contribution in [0.2, 0.25) is 0 Å². The monoisotopic (exact) mass is 249 g/mol. The average Bonchev–Trinajstić information content (AvgIpc) is 2.33.